The van der Waals surface area contributed by atoms with Crippen LogP contribution in [0.1, 0.15) is 0 Å². The van der Waals surface area contributed by atoms with E-state index >= 15 is 0 Å². The summed E-state index contributed by atoms with van der Waals surface area (Å²) in [5.74, 6) is 0. The molecule has 0 aliphatic rings. The molecule has 20 valence electrons. The minimum atomic E-state index is 0. The monoisotopic (exact) mass is 578 g/mol. The predicted octanol–water partition coefficient (Wildman–Crippen LogP) is -0.119. The largest absolute Gasteiger partial charge is 0 e. The Morgan fingerprint density at radius 2 is 1.20 bits per heavy atom. The van der Waals surface area contributed by atoms with Crippen molar-refractivity contribution in [3.05, 3.63) is 0 Å². The van der Waals surface area contributed by atoms with E-state index in [9.17, 15) is 0 Å². The van der Waals surface area contributed by atoms with Crippen LogP contribution in [-0.2, 0) is 1.05 Å². The molecule has 0 spiro atoms. The van der Waals surface area contributed by atoms with E-state index in [0.717, 1.165) is 0 Å². The maximum atomic E-state index is 8.39. The molecule has 0 saturated carbocycles. The van der Waals surface area contributed by atoms with Crippen LogP contribution in [0.2, 0.25) is 0 Å². The van der Waals surface area contributed by atoms with Crippen molar-refractivity contribution in [3.63, 3.8) is 0 Å². The third-order valence-corrected chi connectivity index (χ3v) is 0. The van der Waals surface area contributed by atoms with Gasteiger partial charge in [0, 0.05) is 119 Å². The summed E-state index contributed by atoms with van der Waals surface area (Å²) < 4.78 is 8.39. The quantitative estimate of drug-likeness (QED) is 0.391. The average molecular weight is 580 g/mol. The van der Waals surface area contributed by atoms with Crippen molar-refractivity contribution < 1.29 is 159 Å². The first kappa shape index (κ1) is 22.5. The molecule has 0 heterocycles. The zero-order valence-electron chi connectivity index (χ0n) is 2.56. The molecular formula is CeLaNdOPr. The minimum Gasteiger partial charge on any atom is 0 e. The second kappa shape index (κ2) is 23.0. The molecule has 0 amide bonds. The van der Waals surface area contributed by atoms with Gasteiger partial charge in [0.2, 0.25) is 0 Å². The molecule has 2 radical (unpaired) electrons. The van der Waals surface area contributed by atoms with Gasteiger partial charge in [-0.2, -0.15) is 0 Å². The van der Waals surface area contributed by atoms with E-state index in [2.05, 4.69) is 0 Å². The van der Waals surface area contributed by atoms with Crippen LogP contribution in [0, 0.1) is 158 Å². The van der Waals surface area contributed by atoms with E-state index < -0.39 is 0 Å². The summed E-state index contributed by atoms with van der Waals surface area (Å²) >= 11 is 0.0556. The van der Waals surface area contributed by atoms with Gasteiger partial charge in [-0.25, -0.2) is 0 Å². The molecule has 0 unspecified atom stereocenters. The molecular weight excluding hydrogens is 580 g/mol. The van der Waals surface area contributed by atoms with Gasteiger partial charge in [0.05, 0.1) is 0 Å². The maximum Gasteiger partial charge on any atom is 0 e. The third kappa shape index (κ3) is 17.6. The van der Waals surface area contributed by atoms with Gasteiger partial charge in [0.15, 0.2) is 0 Å². The zero-order valence-corrected chi connectivity index (χ0v) is 16.2. The Morgan fingerprint density at radius 3 is 1.20 bits per heavy atom. The van der Waals surface area contributed by atoms with Gasteiger partial charge in [0.1, 0.15) is 0 Å². The molecule has 0 fully saturated rings. The standard InChI is InChI=1S/Ce.La.Nd.O.Pr. The Kier molecular flexibility index (Phi) is 103. The maximum absolute atomic E-state index is 8.39. The zero-order chi connectivity index (χ0) is 2.00. The summed E-state index contributed by atoms with van der Waals surface area (Å²) in [5.41, 5.74) is 0. The van der Waals surface area contributed by atoms with Gasteiger partial charge in [0.25, 0.3) is 0 Å². The van der Waals surface area contributed by atoms with Crippen LogP contribution in [0.4, 0.5) is 0 Å². The Balaban J connectivity index is -0.00000000167. The smallest absolute Gasteiger partial charge is 0 e. The Morgan fingerprint density at radius 1 is 1.20 bits per heavy atom. The van der Waals surface area contributed by atoms with E-state index in [0.29, 0.717) is 0 Å². The molecule has 0 aliphatic carbocycles. The molecule has 0 aromatic carbocycles. The summed E-state index contributed by atoms with van der Waals surface area (Å²) in [6.07, 6.45) is 0. The van der Waals surface area contributed by atoms with Crippen LogP contribution in [-0.4, -0.2) is 0 Å². The topological polar surface area (TPSA) is 17.1 Å². The van der Waals surface area contributed by atoms with Gasteiger partial charge in [-0.1, -0.05) is 0 Å². The average Bonchev–Trinajstić information content (AvgIpc) is 1.00. The van der Waals surface area contributed by atoms with Crippen molar-refractivity contribution in [3.8, 4) is 0 Å². The second-order valence-corrected chi connectivity index (χ2v) is 0. The van der Waals surface area contributed by atoms with Crippen molar-refractivity contribution in [1.82, 2.24) is 0 Å². The fourth-order valence-electron chi connectivity index (χ4n) is 0. The normalized spacial score (nSPS) is 0.600. The van der Waals surface area contributed by atoms with Crippen molar-refractivity contribution in [2.24, 2.45) is 0 Å². The van der Waals surface area contributed by atoms with Gasteiger partial charge in [-0.15, -0.1) is 0 Å². The molecule has 0 bridgehead atoms. The van der Waals surface area contributed by atoms with Crippen LogP contribution in [0.25, 0.3) is 0 Å². The predicted molar refractivity (Wildman–Crippen MR) is 0.686 cm³/mol. The third-order valence-electron chi connectivity index (χ3n) is 0. The van der Waals surface area contributed by atoms with E-state index in [1.165, 1.54) is 0 Å². The summed E-state index contributed by atoms with van der Waals surface area (Å²) in [5, 5.41) is 0. The molecule has 0 aromatic heterocycles. The van der Waals surface area contributed by atoms with Crippen LogP contribution < -0.4 is 0 Å². The fraction of sp³-hybridized carbons (Fsp3) is 0. The van der Waals surface area contributed by atoms with Crippen LogP contribution in [0.3, 0.4) is 0 Å². The first-order valence-electron chi connectivity index (χ1n) is 0.204. The first-order valence-corrected chi connectivity index (χ1v) is 1.51. The van der Waals surface area contributed by atoms with E-state index in [-0.39, 0.29) is 158 Å². The van der Waals surface area contributed by atoms with Gasteiger partial charge < -0.3 is 0 Å². The van der Waals surface area contributed by atoms with Crippen molar-refractivity contribution >= 4 is 0 Å². The molecule has 0 rings (SSSR count). The molecule has 0 atom stereocenters. The summed E-state index contributed by atoms with van der Waals surface area (Å²) in [7, 11) is 0. The Labute approximate surface area is 153 Å². The second-order valence-electron chi connectivity index (χ2n) is 0. The van der Waals surface area contributed by atoms with Crippen molar-refractivity contribution in [2.75, 3.05) is 0 Å². The van der Waals surface area contributed by atoms with Crippen molar-refractivity contribution in [2.45, 2.75) is 0 Å². The summed E-state index contributed by atoms with van der Waals surface area (Å²) in [6, 6.07) is 0. The molecule has 5 heavy (non-hydrogen) atoms. The minimum absolute atomic E-state index is 0. The van der Waals surface area contributed by atoms with Crippen LogP contribution in [0.15, 0.2) is 0 Å². The molecule has 0 N–H and O–H groups in total. The van der Waals surface area contributed by atoms with E-state index in [4.69, 9.17) is 1.05 Å². The molecule has 0 aliphatic heterocycles. The summed E-state index contributed by atoms with van der Waals surface area (Å²) in [6.45, 7) is 0. The first-order chi connectivity index (χ1) is 1.00. The van der Waals surface area contributed by atoms with Crippen LogP contribution >= 0.6 is 0 Å². The Bertz CT molecular complexity index is 11.6. The fourth-order valence-corrected chi connectivity index (χ4v) is 0. The number of hydrogen-bond donors (Lipinski definition) is 0. The van der Waals surface area contributed by atoms with E-state index in [1.807, 2.05) is 0 Å². The molecule has 0 aromatic rings. The molecule has 5 heteroatoms. The Hall–Kier alpha value is 5.09. The van der Waals surface area contributed by atoms with Gasteiger partial charge >= 0.3 is 39.9 Å². The summed E-state index contributed by atoms with van der Waals surface area (Å²) in [4.78, 5) is 0. The molecule has 1 nitrogen and oxygen atoms in total. The van der Waals surface area contributed by atoms with Gasteiger partial charge in [-0.05, 0) is 0 Å². The molecule has 0 saturated heterocycles. The van der Waals surface area contributed by atoms with Gasteiger partial charge in [-0.3, -0.25) is 0 Å². The van der Waals surface area contributed by atoms with E-state index in [1.54, 1.807) is 0 Å². The SMILES string of the molecule is [Ce].[La].[O]=[Nd].[Pr]. The van der Waals surface area contributed by atoms with Crippen molar-refractivity contribution in [1.29, 1.82) is 0 Å². The number of hydrogen-bond acceptors (Lipinski definition) is 1. The number of rotatable bonds is 0. The van der Waals surface area contributed by atoms with Crippen LogP contribution in [0.5, 0.6) is 0 Å².